The van der Waals surface area contributed by atoms with E-state index in [1.54, 1.807) is 31.2 Å². The van der Waals surface area contributed by atoms with Crippen LogP contribution in [-0.2, 0) is 14.3 Å². The Hall–Kier alpha value is -2.43. The molecular formula is C20H19NO4. The summed E-state index contributed by atoms with van der Waals surface area (Å²) in [6.07, 6.45) is 5.49. The number of allylic oxidation sites excluding steroid dienone is 2. The number of hydrogen-bond donors (Lipinski definition) is 0. The van der Waals surface area contributed by atoms with Crippen LogP contribution < -0.4 is 4.90 Å². The van der Waals surface area contributed by atoms with Gasteiger partial charge in [0, 0.05) is 0 Å². The van der Waals surface area contributed by atoms with Crippen molar-refractivity contribution >= 4 is 23.5 Å². The zero-order valence-electron chi connectivity index (χ0n) is 13.9. The fourth-order valence-electron chi connectivity index (χ4n) is 5.17. The lowest BCUT2D eigenvalue weighted by Gasteiger charge is -2.37. The molecule has 0 spiro atoms. The predicted molar refractivity (Wildman–Crippen MR) is 89.6 cm³/mol. The molecule has 3 fully saturated rings. The first kappa shape index (κ1) is 14.9. The van der Waals surface area contributed by atoms with Gasteiger partial charge >= 0.3 is 5.97 Å². The summed E-state index contributed by atoms with van der Waals surface area (Å²) in [6.45, 7) is 2.06. The maximum atomic E-state index is 13.0. The van der Waals surface area contributed by atoms with E-state index in [4.69, 9.17) is 4.74 Å². The number of esters is 1. The highest BCUT2D eigenvalue weighted by Crippen LogP contribution is 2.65. The number of benzene rings is 1. The van der Waals surface area contributed by atoms with Crippen molar-refractivity contribution < 1.29 is 19.1 Å². The molecule has 6 atom stereocenters. The van der Waals surface area contributed by atoms with Crippen LogP contribution in [0, 0.1) is 35.5 Å². The number of carbonyl (C=O) groups is 3. The van der Waals surface area contributed by atoms with Crippen LogP contribution in [0.2, 0.25) is 0 Å². The molecule has 0 N–H and O–H groups in total. The van der Waals surface area contributed by atoms with Gasteiger partial charge in [-0.1, -0.05) is 12.2 Å². The van der Waals surface area contributed by atoms with Gasteiger partial charge in [-0.3, -0.25) is 14.5 Å². The average Bonchev–Trinajstić information content (AvgIpc) is 3.40. The van der Waals surface area contributed by atoms with Gasteiger partial charge in [0.1, 0.15) is 0 Å². The van der Waals surface area contributed by atoms with E-state index in [0.717, 1.165) is 6.42 Å². The molecule has 1 saturated heterocycles. The van der Waals surface area contributed by atoms with Crippen molar-refractivity contribution in [3.63, 3.8) is 0 Å². The molecule has 5 aliphatic rings. The van der Waals surface area contributed by atoms with Gasteiger partial charge in [-0.05, 0) is 61.3 Å². The largest absolute Gasteiger partial charge is 0.462 e. The van der Waals surface area contributed by atoms with Crippen LogP contribution in [0.5, 0.6) is 0 Å². The van der Waals surface area contributed by atoms with Gasteiger partial charge in [0.15, 0.2) is 0 Å². The summed E-state index contributed by atoms with van der Waals surface area (Å²) in [5, 5.41) is 0. The minimum atomic E-state index is -0.399. The normalized spacial score (nSPS) is 37.1. The number of rotatable bonds is 3. The molecule has 1 aromatic rings. The lowest BCUT2D eigenvalue weighted by atomic mass is 9.63. The second-order valence-corrected chi connectivity index (χ2v) is 7.43. The summed E-state index contributed by atoms with van der Waals surface area (Å²) in [6, 6.07) is 6.55. The molecule has 1 heterocycles. The summed E-state index contributed by atoms with van der Waals surface area (Å²) in [5.74, 6) is 0.682. The lowest BCUT2D eigenvalue weighted by Crippen LogP contribution is -2.40. The third kappa shape index (κ3) is 1.92. The summed E-state index contributed by atoms with van der Waals surface area (Å²) in [5.41, 5.74) is 0.968. The summed E-state index contributed by atoms with van der Waals surface area (Å²) < 4.78 is 4.97. The van der Waals surface area contributed by atoms with E-state index >= 15 is 0 Å². The minimum Gasteiger partial charge on any atom is -0.462 e. The Bertz CT molecular complexity index is 775. The molecule has 1 aromatic carbocycles. The molecule has 6 rings (SSSR count). The number of amides is 2. The smallest absolute Gasteiger partial charge is 0.338 e. The van der Waals surface area contributed by atoms with E-state index in [-0.39, 0.29) is 35.5 Å². The van der Waals surface area contributed by atoms with E-state index in [2.05, 4.69) is 12.2 Å². The van der Waals surface area contributed by atoms with Crippen molar-refractivity contribution in [1.29, 1.82) is 0 Å². The highest BCUT2D eigenvalue weighted by Gasteiger charge is 2.67. The average molecular weight is 337 g/mol. The fourth-order valence-corrected chi connectivity index (χ4v) is 5.17. The standard InChI is InChI=1S/C20H19NO4/c1-2-25-20(24)10-3-5-11(6-4-10)21-18(22)16-12-7-8-13(15-9-14(12)15)17(16)19(21)23/h3-8,12-17H,2,9H2,1H3/t12-,13-,14-,15+,16+,17+/m0/s1. The van der Waals surface area contributed by atoms with Gasteiger partial charge in [-0.25, -0.2) is 4.79 Å². The zero-order chi connectivity index (χ0) is 17.3. The Morgan fingerprint density at radius 2 is 1.60 bits per heavy atom. The fraction of sp³-hybridized carbons (Fsp3) is 0.450. The van der Waals surface area contributed by atoms with Crippen LogP contribution in [0.4, 0.5) is 5.69 Å². The monoisotopic (exact) mass is 337 g/mol. The highest BCUT2D eigenvalue weighted by atomic mass is 16.5. The first-order valence-electron chi connectivity index (χ1n) is 8.95. The molecule has 4 aliphatic carbocycles. The molecule has 2 amide bonds. The van der Waals surface area contributed by atoms with Crippen LogP contribution in [-0.4, -0.2) is 24.4 Å². The van der Waals surface area contributed by atoms with E-state index in [9.17, 15) is 14.4 Å². The SMILES string of the molecule is CCOC(=O)c1ccc(N2C(=O)[C@@H]3[C@H]4C=C[C@@H]([C@@H]5C[C@H]45)[C@H]3C2=O)cc1. The van der Waals surface area contributed by atoms with Crippen molar-refractivity contribution in [3.8, 4) is 0 Å². The van der Waals surface area contributed by atoms with Crippen LogP contribution in [0.1, 0.15) is 23.7 Å². The molecule has 0 unspecified atom stereocenters. The predicted octanol–water partition coefficient (Wildman–Crippen LogP) is 2.42. The number of nitrogens with zero attached hydrogens (tertiary/aromatic N) is 1. The topological polar surface area (TPSA) is 63.7 Å². The summed E-state index contributed by atoms with van der Waals surface area (Å²) in [4.78, 5) is 39.1. The molecule has 5 heteroatoms. The Labute approximate surface area is 145 Å². The van der Waals surface area contributed by atoms with Crippen molar-refractivity contribution in [2.24, 2.45) is 35.5 Å². The minimum absolute atomic E-state index is 0.0800. The summed E-state index contributed by atoms with van der Waals surface area (Å²) in [7, 11) is 0. The first-order chi connectivity index (χ1) is 12.1. The number of ether oxygens (including phenoxy) is 1. The van der Waals surface area contributed by atoms with Gasteiger partial charge in [-0.2, -0.15) is 0 Å². The van der Waals surface area contributed by atoms with Crippen LogP contribution in [0.25, 0.3) is 0 Å². The lowest BCUT2D eigenvalue weighted by molar-refractivity contribution is -0.124. The maximum Gasteiger partial charge on any atom is 0.338 e. The summed E-state index contributed by atoms with van der Waals surface area (Å²) >= 11 is 0. The van der Waals surface area contributed by atoms with E-state index < -0.39 is 5.97 Å². The molecular weight excluding hydrogens is 318 g/mol. The van der Waals surface area contributed by atoms with Crippen molar-refractivity contribution in [2.45, 2.75) is 13.3 Å². The number of imide groups is 1. The molecule has 2 bridgehead atoms. The molecule has 1 aliphatic heterocycles. The second kappa shape index (κ2) is 5.04. The van der Waals surface area contributed by atoms with Crippen LogP contribution in [0.15, 0.2) is 36.4 Å². The molecule has 0 radical (unpaired) electrons. The Kier molecular flexibility index (Phi) is 3.00. The molecule has 128 valence electrons. The van der Waals surface area contributed by atoms with Gasteiger partial charge in [0.05, 0.1) is 29.7 Å². The molecule has 5 nitrogen and oxygen atoms in total. The number of hydrogen-bond acceptors (Lipinski definition) is 4. The van der Waals surface area contributed by atoms with Crippen LogP contribution in [0.3, 0.4) is 0 Å². The first-order valence-corrected chi connectivity index (χ1v) is 8.95. The van der Waals surface area contributed by atoms with E-state index in [1.165, 1.54) is 4.90 Å². The highest BCUT2D eigenvalue weighted by molar-refractivity contribution is 6.22. The molecule has 2 saturated carbocycles. The van der Waals surface area contributed by atoms with E-state index in [1.807, 2.05) is 0 Å². The zero-order valence-corrected chi connectivity index (χ0v) is 13.9. The van der Waals surface area contributed by atoms with Gasteiger partial charge < -0.3 is 4.74 Å². The van der Waals surface area contributed by atoms with Crippen molar-refractivity contribution in [2.75, 3.05) is 11.5 Å². The molecule has 0 aromatic heterocycles. The maximum absolute atomic E-state index is 13.0. The third-order valence-corrected chi connectivity index (χ3v) is 6.30. The van der Waals surface area contributed by atoms with Gasteiger partial charge in [-0.15, -0.1) is 0 Å². The number of carbonyl (C=O) groups excluding carboxylic acids is 3. The molecule has 25 heavy (non-hydrogen) atoms. The Morgan fingerprint density at radius 1 is 1.04 bits per heavy atom. The Morgan fingerprint density at radius 3 is 2.12 bits per heavy atom. The van der Waals surface area contributed by atoms with Gasteiger partial charge in [0.25, 0.3) is 0 Å². The van der Waals surface area contributed by atoms with Crippen LogP contribution >= 0.6 is 0 Å². The van der Waals surface area contributed by atoms with Gasteiger partial charge in [0.2, 0.25) is 11.8 Å². The van der Waals surface area contributed by atoms with E-state index in [0.29, 0.717) is 29.7 Å². The number of anilines is 1. The van der Waals surface area contributed by atoms with Crippen molar-refractivity contribution in [1.82, 2.24) is 0 Å². The quantitative estimate of drug-likeness (QED) is 0.483. The van der Waals surface area contributed by atoms with Crippen molar-refractivity contribution in [3.05, 3.63) is 42.0 Å². The third-order valence-electron chi connectivity index (χ3n) is 6.30. The second-order valence-electron chi connectivity index (χ2n) is 7.43. The Balaban J connectivity index is 1.45.